The van der Waals surface area contributed by atoms with Crippen LogP contribution in [0.1, 0.15) is 32.3 Å². The number of halogens is 2. The lowest BCUT2D eigenvalue weighted by atomic mass is 9.94. The highest BCUT2D eigenvalue weighted by Crippen LogP contribution is 2.23. The van der Waals surface area contributed by atoms with E-state index in [-0.39, 0.29) is 18.3 Å². The lowest BCUT2D eigenvalue weighted by molar-refractivity contribution is -0.122. The lowest BCUT2D eigenvalue weighted by Crippen LogP contribution is -2.41. The SMILES string of the molecule is CC(C)(NC(=O)CCCN)c1cccc(Cl)c1.Cl. The van der Waals surface area contributed by atoms with Crippen LogP contribution < -0.4 is 11.1 Å². The molecule has 0 aromatic heterocycles. The average molecular weight is 291 g/mol. The summed E-state index contributed by atoms with van der Waals surface area (Å²) in [4.78, 5) is 11.7. The number of hydrogen-bond donors (Lipinski definition) is 2. The Morgan fingerprint density at radius 3 is 2.67 bits per heavy atom. The van der Waals surface area contributed by atoms with Gasteiger partial charge in [-0.15, -0.1) is 12.4 Å². The number of benzene rings is 1. The van der Waals surface area contributed by atoms with Crippen LogP contribution in [0.2, 0.25) is 5.02 Å². The smallest absolute Gasteiger partial charge is 0.220 e. The minimum Gasteiger partial charge on any atom is -0.347 e. The van der Waals surface area contributed by atoms with Crippen molar-refractivity contribution >= 4 is 29.9 Å². The number of nitrogens with two attached hydrogens (primary N) is 1. The maximum Gasteiger partial charge on any atom is 0.220 e. The first-order chi connectivity index (χ1) is 7.95. The number of nitrogens with one attached hydrogen (secondary N) is 1. The van der Waals surface area contributed by atoms with Gasteiger partial charge >= 0.3 is 0 Å². The third-order valence-electron chi connectivity index (χ3n) is 2.61. The van der Waals surface area contributed by atoms with Crippen molar-refractivity contribution in [2.45, 2.75) is 32.2 Å². The summed E-state index contributed by atoms with van der Waals surface area (Å²) in [5, 5.41) is 3.65. The molecular weight excluding hydrogens is 271 g/mol. The summed E-state index contributed by atoms with van der Waals surface area (Å²) in [6.07, 6.45) is 1.16. The van der Waals surface area contributed by atoms with Crippen LogP contribution in [0.3, 0.4) is 0 Å². The van der Waals surface area contributed by atoms with E-state index in [1.165, 1.54) is 0 Å². The highest BCUT2D eigenvalue weighted by atomic mass is 35.5. The van der Waals surface area contributed by atoms with Crippen molar-refractivity contribution in [2.75, 3.05) is 6.54 Å². The second-order valence-corrected chi connectivity index (χ2v) is 5.01. The van der Waals surface area contributed by atoms with Crippen molar-refractivity contribution in [2.24, 2.45) is 5.73 Å². The lowest BCUT2D eigenvalue weighted by Gasteiger charge is -2.27. The summed E-state index contributed by atoms with van der Waals surface area (Å²) in [5.74, 6) is 0.0143. The number of amides is 1. The van der Waals surface area contributed by atoms with Crippen LogP contribution in [0.5, 0.6) is 0 Å². The molecule has 3 nitrogen and oxygen atoms in total. The van der Waals surface area contributed by atoms with Crippen LogP contribution in [0, 0.1) is 0 Å². The first-order valence-electron chi connectivity index (χ1n) is 5.73. The molecule has 0 aliphatic carbocycles. The normalized spacial score (nSPS) is 10.7. The fraction of sp³-hybridized carbons (Fsp3) is 0.462. The van der Waals surface area contributed by atoms with E-state index in [1.807, 2.05) is 38.1 Å². The first-order valence-corrected chi connectivity index (χ1v) is 6.10. The van der Waals surface area contributed by atoms with Gasteiger partial charge in [-0.1, -0.05) is 23.7 Å². The van der Waals surface area contributed by atoms with Crippen molar-refractivity contribution < 1.29 is 4.79 Å². The molecule has 0 saturated heterocycles. The Kier molecular flexibility index (Phi) is 7.29. The Hall–Kier alpha value is -0.770. The summed E-state index contributed by atoms with van der Waals surface area (Å²) >= 11 is 5.94. The van der Waals surface area contributed by atoms with E-state index < -0.39 is 5.54 Å². The highest BCUT2D eigenvalue weighted by Gasteiger charge is 2.22. The predicted octanol–water partition coefficient (Wildman–Crippen LogP) is 2.85. The molecule has 0 saturated carbocycles. The predicted molar refractivity (Wildman–Crippen MR) is 78.2 cm³/mol. The van der Waals surface area contributed by atoms with Crippen molar-refractivity contribution in [3.05, 3.63) is 34.9 Å². The van der Waals surface area contributed by atoms with Crippen LogP contribution in [0.15, 0.2) is 24.3 Å². The van der Waals surface area contributed by atoms with E-state index in [9.17, 15) is 4.79 Å². The molecule has 102 valence electrons. The van der Waals surface area contributed by atoms with Gasteiger partial charge in [0.05, 0.1) is 5.54 Å². The molecule has 1 aromatic rings. The molecule has 0 aliphatic heterocycles. The molecule has 0 aliphatic rings. The Balaban J connectivity index is 0.00000289. The summed E-state index contributed by atoms with van der Waals surface area (Å²) in [6, 6.07) is 7.52. The van der Waals surface area contributed by atoms with Crippen molar-refractivity contribution in [1.82, 2.24) is 5.32 Å². The van der Waals surface area contributed by atoms with Crippen molar-refractivity contribution in [1.29, 1.82) is 0 Å². The maximum atomic E-state index is 11.7. The van der Waals surface area contributed by atoms with Crippen molar-refractivity contribution in [3.63, 3.8) is 0 Å². The Morgan fingerprint density at radius 2 is 2.11 bits per heavy atom. The zero-order valence-electron chi connectivity index (χ0n) is 10.7. The van der Waals surface area contributed by atoms with Crippen LogP contribution in [0.4, 0.5) is 0 Å². The third kappa shape index (κ3) is 5.25. The van der Waals surface area contributed by atoms with Gasteiger partial charge in [-0.2, -0.15) is 0 Å². The minimum absolute atomic E-state index is 0. The van der Waals surface area contributed by atoms with Gasteiger partial charge in [0.15, 0.2) is 0 Å². The maximum absolute atomic E-state index is 11.7. The molecule has 0 unspecified atom stereocenters. The number of carbonyl (C=O) groups excluding carboxylic acids is 1. The molecule has 18 heavy (non-hydrogen) atoms. The molecule has 0 atom stereocenters. The minimum atomic E-state index is -0.420. The molecular formula is C13H20Cl2N2O. The topological polar surface area (TPSA) is 55.1 Å². The first kappa shape index (κ1) is 17.2. The number of hydrogen-bond acceptors (Lipinski definition) is 2. The van der Waals surface area contributed by atoms with E-state index in [0.29, 0.717) is 24.4 Å². The summed E-state index contributed by atoms with van der Waals surface area (Å²) in [5.41, 5.74) is 5.95. The Morgan fingerprint density at radius 1 is 1.44 bits per heavy atom. The summed E-state index contributed by atoms with van der Waals surface area (Å²) in [7, 11) is 0. The molecule has 0 spiro atoms. The zero-order valence-corrected chi connectivity index (χ0v) is 12.3. The Bertz CT molecular complexity index is 394. The van der Waals surface area contributed by atoms with Crippen LogP contribution >= 0.6 is 24.0 Å². The molecule has 0 fully saturated rings. The zero-order chi connectivity index (χ0) is 12.9. The van der Waals surface area contributed by atoms with Gasteiger partial charge in [0, 0.05) is 11.4 Å². The second kappa shape index (κ2) is 7.62. The standard InChI is InChI=1S/C13H19ClN2O.ClH/c1-13(2,16-12(17)7-4-8-15)10-5-3-6-11(14)9-10;/h3,5-6,9H,4,7-8,15H2,1-2H3,(H,16,17);1H. The molecule has 1 amide bonds. The fourth-order valence-electron chi connectivity index (χ4n) is 1.62. The monoisotopic (exact) mass is 290 g/mol. The number of rotatable bonds is 5. The molecule has 0 radical (unpaired) electrons. The second-order valence-electron chi connectivity index (χ2n) is 4.58. The Labute approximate surface area is 119 Å². The fourth-order valence-corrected chi connectivity index (χ4v) is 1.81. The van der Waals surface area contributed by atoms with Gasteiger partial charge in [0.2, 0.25) is 5.91 Å². The average Bonchev–Trinajstić information content (AvgIpc) is 2.26. The van der Waals surface area contributed by atoms with E-state index >= 15 is 0 Å². The molecule has 0 heterocycles. The molecule has 1 aromatic carbocycles. The van der Waals surface area contributed by atoms with E-state index in [0.717, 1.165) is 5.56 Å². The molecule has 3 N–H and O–H groups in total. The summed E-state index contributed by atoms with van der Waals surface area (Å²) in [6.45, 7) is 4.45. The van der Waals surface area contributed by atoms with Crippen LogP contribution in [0.25, 0.3) is 0 Å². The van der Waals surface area contributed by atoms with Gasteiger partial charge < -0.3 is 11.1 Å². The van der Waals surface area contributed by atoms with Gasteiger partial charge in [-0.3, -0.25) is 4.79 Å². The van der Waals surface area contributed by atoms with Gasteiger partial charge in [0.25, 0.3) is 0 Å². The third-order valence-corrected chi connectivity index (χ3v) is 2.84. The quantitative estimate of drug-likeness (QED) is 0.876. The van der Waals surface area contributed by atoms with Gasteiger partial charge in [-0.25, -0.2) is 0 Å². The van der Waals surface area contributed by atoms with Gasteiger partial charge in [0.1, 0.15) is 0 Å². The van der Waals surface area contributed by atoms with E-state index in [2.05, 4.69) is 5.32 Å². The molecule has 5 heteroatoms. The largest absolute Gasteiger partial charge is 0.347 e. The molecule has 1 rings (SSSR count). The van der Waals surface area contributed by atoms with E-state index in [4.69, 9.17) is 17.3 Å². The molecule has 0 bridgehead atoms. The van der Waals surface area contributed by atoms with Gasteiger partial charge in [-0.05, 0) is 44.5 Å². The van der Waals surface area contributed by atoms with Crippen molar-refractivity contribution in [3.8, 4) is 0 Å². The number of carbonyl (C=O) groups is 1. The van der Waals surface area contributed by atoms with E-state index in [1.54, 1.807) is 0 Å². The van der Waals surface area contributed by atoms with Crippen LogP contribution in [-0.4, -0.2) is 12.5 Å². The highest BCUT2D eigenvalue weighted by molar-refractivity contribution is 6.30. The summed E-state index contributed by atoms with van der Waals surface area (Å²) < 4.78 is 0. The van der Waals surface area contributed by atoms with Crippen LogP contribution in [-0.2, 0) is 10.3 Å².